The van der Waals surface area contributed by atoms with Crippen molar-refractivity contribution < 1.29 is 9.72 Å². The van der Waals surface area contributed by atoms with Gasteiger partial charge in [-0.15, -0.1) is 0 Å². The lowest BCUT2D eigenvalue weighted by Crippen LogP contribution is -2.34. The predicted octanol–water partition coefficient (Wildman–Crippen LogP) is 4.21. The summed E-state index contributed by atoms with van der Waals surface area (Å²) < 4.78 is 0. The van der Waals surface area contributed by atoms with Gasteiger partial charge in [-0.1, -0.05) is 30.3 Å². The van der Waals surface area contributed by atoms with E-state index in [1.165, 1.54) is 18.2 Å². The average molecular weight is 324 g/mol. The van der Waals surface area contributed by atoms with Crippen LogP contribution in [0, 0.1) is 10.1 Å². The van der Waals surface area contributed by atoms with E-state index in [1.807, 2.05) is 39.0 Å². The van der Waals surface area contributed by atoms with Gasteiger partial charge in [-0.25, -0.2) is 0 Å². The zero-order chi connectivity index (χ0) is 17.7. The molecule has 0 spiro atoms. The standard InChI is InChI=1S/C19H20N2O3/c1-19(2,3)20-17(13-18(22)15-7-5-4-6-8-15)14-9-11-16(12-10-14)21(23)24/h4-13,20H,1-3H3. The number of benzene rings is 2. The zero-order valence-electron chi connectivity index (χ0n) is 13.9. The third kappa shape index (κ3) is 4.78. The molecule has 0 saturated heterocycles. The highest BCUT2D eigenvalue weighted by atomic mass is 16.6. The maximum atomic E-state index is 12.5. The van der Waals surface area contributed by atoms with Gasteiger partial charge in [-0.05, 0) is 38.5 Å². The molecule has 2 aromatic rings. The van der Waals surface area contributed by atoms with Gasteiger partial charge in [-0.3, -0.25) is 14.9 Å². The topological polar surface area (TPSA) is 72.2 Å². The number of rotatable bonds is 5. The zero-order valence-corrected chi connectivity index (χ0v) is 13.9. The Balaban J connectivity index is 2.39. The minimum absolute atomic E-state index is 0.0169. The Kier molecular flexibility index (Phi) is 5.14. The molecule has 0 unspecified atom stereocenters. The second-order valence-electron chi connectivity index (χ2n) is 6.47. The molecule has 124 valence electrons. The van der Waals surface area contributed by atoms with Gasteiger partial charge < -0.3 is 5.32 Å². The maximum absolute atomic E-state index is 12.5. The first-order valence-corrected chi connectivity index (χ1v) is 7.60. The molecule has 24 heavy (non-hydrogen) atoms. The van der Waals surface area contributed by atoms with E-state index in [9.17, 15) is 14.9 Å². The Morgan fingerprint density at radius 2 is 1.58 bits per heavy atom. The van der Waals surface area contributed by atoms with Crippen LogP contribution in [-0.2, 0) is 0 Å². The Labute approximate surface area is 141 Å². The van der Waals surface area contributed by atoms with Gasteiger partial charge in [0.1, 0.15) is 0 Å². The largest absolute Gasteiger partial charge is 0.380 e. The van der Waals surface area contributed by atoms with Crippen molar-refractivity contribution in [1.82, 2.24) is 5.32 Å². The van der Waals surface area contributed by atoms with E-state index in [0.29, 0.717) is 11.3 Å². The number of ketones is 1. The quantitative estimate of drug-likeness (QED) is 0.387. The molecule has 5 heteroatoms. The average Bonchev–Trinajstić information content (AvgIpc) is 2.54. The van der Waals surface area contributed by atoms with E-state index in [-0.39, 0.29) is 17.0 Å². The molecule has 0 amide bonds. The normalized spacial score (nSPS) is 11.9. The molecule has 0 saturated carbocycles. The van der Waals surface area contributed by atoms with Crippen molar-refractivity contribution in [2.45, 2.75) is 26.3 Å². The summed E-state index contributed by atoms with van der Waals surface area (Å²) in [5, 5.41) is 14.1. The first-order valence-electron chi connectivity index (χ1n) is 7.60. The van der Waals surface area contributed by atoms with Crippen molar-refractivity contribution in [2.24, 2.45) is 0 Å². The molecular weight excluding hydrogens is 304 g/mol. The molecule has 0 radical (unpaired) electrons. The summed E-state index contributed by atoms with van der Waals surface area (Å²) in [5.41, 5.74) is 1.70. The van der Waals surface area contributed by atoms with Crippen molar-refractivity contribution in [3.05, 3.63) is 81.9 Å². The summed E-state index contributed by atoms with van der Waals surface area (Å²) in [6.07, 6.45) is 1.53. The van der Waals surface area contributed by atoms with Crippen LogP contribution in [0.15, 0.2) is 60.7 Å². The number of hydrogen-bond donors (Lipinski definition) is 1. The number of carbonyl (C=O) groups is 1. The number of allylic oxidation sites excluding steroid dienone is 1. The number of carbonyl (C=O) groups excluding carboxylic acids is 1. The number of nitrogens with one attached hydrogen (secondary N) is 1. The second kappa shape index (κ2) is 7.08. The maximum Gasteiger partial charge on any atom is 0.269 e. The highest BCUT2D eigenvalue weighted by Gasteiger charge is 2.15. The summed E-state index contributed by atoms with van der Waals surface area (Å²) in [4.78, 5) is 22.8. The number of nitrogens with zero attached hydrogens (tertiary/aromatic N) is 1. The summed E-state index contributed by atoms with van der Waals surface area (Å²) in [7, 11) is 0. The SMILES string of the molecule is CC(C)(C)NC(=CC(=O)c1ccccc1)c1ccc([N+](=O)[O-])cc1. The lowest BCUT2D eigenvalue weighted by molar-refractivity contribution is -0.384. The summed E-state index contributed by atoms with van der Waals surface area (Å²) >= 11 is 0. The van der Waals surface area contributed by atoms with E-state index in [0.717, 1.165) is 5.56 Å². The second-order valence-corrected chi connectivity index (χ2v) is 6.47. The van der Waals surface area contributed by atoms with E-state index in [1.54, 1.807) is 24.3 Å². The molecular formula is C19H20N2O3. The van der Waals surface area contributed by atoms with Gasteiger partial charge >= 0.3 is 0 Å². The van der Waals surface area contributed by atoms with Gasteiger partial charge in [0, 0.05) is 35.0 Å². The lowest BCUT2D eigenvalue weighted by Gasteiger charge is -2.24. The number of nitro benzene ring substituents is 1. The van der Waals surface area contributed by atoms with Crippen LogP contribution < -0.4 is 5.32 Å². The minimum atomic E-state index is -0.445. The summed E-state index contributed by atoms with van der Waals surface area (Å²) in [6.45, 7) is 5.96. The molecule has 0 atom stereocenters. The summed E-state index contributed by atoms with van der Waals surface area (Å²) in [5.74, 6) is -0.124. The smallest absolute Gasteiger partial charge is 0.269 e. The van der Waals surface area contributed by atoms with Gasteiger partial charge in [0.2, 0.25) is 0 Å². The molecule has 2 rings (SSSR count). The Morgan fingerprint density at radius 3 is 2.08 bits per heavy atom. The van der Waals surface area contributed by atoms with Gasteiger partial charge in [0.05, 0.1) is 4.92 Å². The van der Waals surface area contributed by atoms with Crippen molar-refractivity contribution in [1.29, 1.82) is 0 Å². The molecule has 0 aromatic heterocycles. The molecule has 0 fully saturated rings. The molecule has 1 N–H and O–H groups in total. The highest BCUT2D eigenvalue weighted by molar-refractivity contribution is 6.08. The van der Waals surface area contributed by atoms with Crippen molar-refractivity contribution in [3.63, 3.8) is 0 Å². The van der Waals surface area contributed by atoms with Crippen molar-refractivity contribution >= 4 is 17.2 Å². The molecule has 2 aromatic carbocycles. The molecule has 0 aliphatic carbocycles. The van der Waals surface area contributed by atoms with E-state index in [2.05, 4.69) is 5.32 Å². The number of hydrogen-bond acceptors (Lipinski definition) is 4. The predicted molar refractivity (Wildman–Crippen MR) is 94.7 cm³/mol. The van der Waals surface area contributed by atoms with Crippen LogP contribution in [0.5, 0.6) is 0 Å². The van der Waals surface area contributed by atoms with Crippen LogP contribution in [0.2, 0.25) is 0 Å². The molecule has 0 heterocycles. The molecule has 0 bridgehead atoms. The van der Waals surface area contributed by atoms with Crippen LogP contribution in [-0.4, -0.2) is 16.2 Å². The Hall–Kier alpha value is -2.95. The van der Waals surface area contributed by atoms with Crippen molar-refractivity contribution in [2.75, 3.05) is 0 Å². The third-order valence-corrected chi connectivity index (χ3v) is 3.23. The Morgan fingerprint density at radius 1 is 1.00 bits per heavy atom. The van der Waals surface area contributed by atoms with Crippen LogP contribution >= 0.6 is 0 Å². The molecule has 5 nitrogen and oxygen atoms in total. The first-order chi connectivity index (χ1) is 11.3. The fourth-order valence-electron chi connectivity index (χ4n) is 2.18. The highest BCUT2D eigenvalue weighted by Crippen LogP contribution is 2.20. The first kappa shape index (κ1) is 17.4. The van der Waals surface area contributed by atoms with Crippen LogP contribution in [0.4, 0.5) is 5.69 Å². The van der Waals surface area contributed by atoms with E-state index >= 15 is 0 Å². The lowest BCUT2D eigenvalue weighted by atomic mass is 10.0. The van der Waals surface area contributed by atoms with Crippen LogP contribution in [0.3, 0.4) is 0 Å². The number of nitro groups is 1. The van der Waals surface area contributed by atoms with E-state index in [4.69, 9.17) is 0 Å². The Bertz CT molecular complexity index is 757. The van der Waals surface area contributed by atoms with E-state index < -0.39 is 4.92 Å². The van der Waals surface area contributed by atoms with Crippen LogP contribution in [0.1, 0.15) is 36.7 Å². The monoisotopic (exact) mass is 324 g/mol. The van der Waals surface area contributed by atoms with Crippen LogP contribution in [0.25, 0.3) is 5.70 Å². The van der Waals surface area contributed by atoms with Gasteiger partial charge in [0.25, 0.3) is 5.69 Å². The van der Waals surface area contributed by atoms with Gasteiger partial charge in [-0.2, -0.15) is 0 Å². The van der Waals surface area contributed by atoms with Gasteiger partial charge in [0.15, 0.2) is 5.78 Å². The molecule has 0 aliphatic rings. The van der Waals surface area contributed by atoms with Crippen molar-refractivity contribution in [3.8, 4) is 0 Å². The molecule has 0 aliphatic heterocycles. The summed E-state index contributed by atoms with van der Waals surface area (Å²) in [6, 6.07) is 15.1. The number of non-ortho nitro benzene ring substituents is 1. The fourth-order valence-corrected chi connectivity index (χ4v) is 2.18. The minimum Gasteiger partial charge on any atom is -0.380 e. The fraction of sp³-hybridized carbons (Fsp3) is 0.211. The third-order valence-electron chi connectivity index (χ3n) is 3.23.